The fourth-order valence-corrected chi connectivity index (χ4v) is 4.08. The van der Waals surface area contributed by atoms with Gasteiger partial charge in [0.1, 0.15) is 0 Å². The lowest BCUT2D eigenvalue weighted by Crippen LogP contribution is -2.47. The first-order valence-corrected chi connectivity index (χ1v) is 10.3. The minimum Gasteiger partial charge on any atom is -0.493 e. The topological polar surface area (TPSA) is 72.1 Å². The molecular formula is C21H33N3O4. The van der Waals surface area contributed by atoms with E-state index in [4.69, 9.17) is 14.2 Å². The molecular weight excluding hydrogens is 358 g/mol. The Labute approximate surface area is 167 Å². The van der Waals surface area contributed by atoms with Crippen LogP contribution in [-0.4, -0.2) is 64.0 Å². The van der Waals surface area contributed by atoms with Gasteiger partial charge in [0, 0.05) is 25.7 Å². The number of carbonyl (C=O) groups is 1. The summed E-state index contributed by atoms with van der Waals surface area (Å²) in [5.74, 6) is 1.40. The minimum absolute atomic E-state index is 0.0563. The van der Waals surface area contributed by atoms with Crippen molar-refractivity contribution in [2.75, 3.05) is 47.1 Å². The fourth-order valence-electron chi connectivity index (χ4n) is 4.08. The zero-order valence-electron chi connectivity index (χ0n) is 17.0. The monoisotopic (exact) mass is 391 g/mol. The first-order chi connectivity index (χ1) is 13.7. The maximum absolute atomic E-state index is 12.4. The van der Waals surface area contributed by atoms with Crippen molar-refractivity contribution in [3.63, 3.8) is 0 Å². The molecule has 2 aliphatic rings. The van der Waals surface area contributed by atoms with Gasteiger partial charge in [-0.05, 0) is 30.5 Å². The van der Waals surface area contributed by atoms with Gasteiger partial charge in [-0.2, -0.15) is 0 Å². The van der Waals surface area contributed by atoms with Crippen LogP contribution in [0, 0.1) is 0 Å². The molecule has 1 saturated carbocycles. The number of amides is 2. The van der Waals surface area contributed by atoms with Gasteiger partial charge >= 0.3 is 6.03 Å². The molecule has 1 saturated heterocycles. The SMILES string of the molecule is COc1ccc([C@@H](CNC(=O)NC2CCCCC2)N2CCOCC2)cc1OC. The predicted molar refractivity (Wildman–Crippen MR) is 108 cm³/mol. The summed E-state index contributed by atoms with van der Waals surface area (Å²) in [6.07, 6.45) is 5.84. The quantitative estimate of drug-likeness (QED) is 0.748. The molecule has 2 fully saturated rings. The van der Waals surface area contributed by atoms with Gasteiger partial charge in [0.15, 0.2) is 11.5 Å². The number of benzene rings is 1. The van der Waals surface area contributed by atoms with E-state index >= 15 is 0 Å². The van der Waals surface area contributed by atoms with Crippen molar-refractivity contribution in [1.82, 2.24) is 15.5 Å². The second-order valence-electron chi connectivity index (χ2n) is 7.47. The molecule has 1 aromatic rings. The Kier molecular flexibility index (Phi) is 7.80. The summed E-state index contributed by atoms with van der Waals surface area (Å²) in [6.45, 7) is 3.63. The Balaban J connectivity index is 1.67. The van der Waals surface area contributed by atoms with Crippen LogP contribution in [0.15, 0.2) is 18.2 Å². The Hall–Kier alpha value is -1.99. The Bertz CT molecular complexity index is 628. The summed E-state index contributed by atoms with van der Waals surface area (Å²) in [5.41, 5.74) is 1.09. The third-order valence-electron chi connectivity index (χ3n) is 5.68. The van der Waals surface area contributed by atoms with Crippen LogP contribution in [0.25, 0.3) is 0 Å². The molecule has 2 amide bonds. The highest BCUT2D eigenvalue weighted by atomic mass is 16.5. The lowest BCUT2D eigenvalue weighted by atomic mass is 9.96. The molecule has 1 aromatic carbocycles. The highest BCUT2D eigenvalue weighted by Gasteiger charge is 2.25. The zero-order valence-corrected chi connectivity index (χ0v) is 17.0. The van der Waals surface area contributed by atoms with E-state index in [1.807, 2.05) is 18.2 Å². The molecule has 1 aliphatic heterocycles. The first kappa shape index (κ1) is 20.7. The van der Waals surface area contributed by atoms with Crippen molar-refractivity contribution in [2.45, 2.75) is 44.2 Å². The van der Waals surface area contributed by atoms with Gasteiger partial charge in [0.2, 0.25) is 0 Å². The molecule has 1 atom stereocenters. The molecule has 156 valence electrons. The number of methoxy groups -OCH3 is 2. The number of rotatable bonds is 7. The van der Waals surface area contributed by atoms with Crippen LogP contribution in [-0.2, 0) is 4.74 Å². The van der Waals surface area contributed by atoms with Gasteiger partial charge < -0.3 is 24.8 Å². The lowest BCUT2D eigenvalue weighted by molar-refractivity contribution is 0.0166. The van der Waals surface area contributed by atoms with Gasteiger partial charge in [-0.15, -0.1) is 0 Å². The Morgan fingerprint density at radius 3 is 2.54 bits per heavy atom. The number of urea groups is 1. The number of ether oxygens (including phenoxy) is 3. The van der Waals surface area contributed by atoms with Crippen molar-refractivity contribution in [2.24, 2.45) is 0 Å². The van der Waals surface area contributed by atoms with Crippen molar-refractivity contribution in [1.29, 1.82) is 0 Å². The van der Waals surface area contributed by atoms with Crippen LogP contribution in [0.3, 0.4) is 0 Å². The smallest absolute Gasteiger partial charge is 0.315 e. The molecule has 0 aromatic heterocycles. The summed E-state index contributed by atoms with van der Waals surface area (Å²) >= 11 is 0. The van der Waals surface area contributed by atoms with E-state index in [0.717, 1.165) is 31.5 Å². The van der Waals surface area contributed by atoms with E-state index in [9.17, 15) is 4.79 Å². The highest BCUT2D eigenvalue weighted by molar-refractivity contribution is 5.74. The van der Waals surface area contributed by atoms with Crippen LogP contribution < -0.4 is 20.1 Å². The summed E-state index contributed by atoms with van der Waals surface area (Å²) < 4.78 is 16.3. The zero-order chi connectivity index (χ0) is 19.8. The molecule has 28 heavy (non-hydrogen) atoms. The highest BCUT2D eigenvalue weighted by Crippen LogP contribution is 2.32. The van der Waals surface area contributed by atoms with Gasteiger partial charge in [0.05, 0.1) is 33.5 Å². The Morgan fingerprint density at radius 2 is 1.86 bits per heavy atom. The molecule has 0 radical (unpaired) electrons. The normalized spacial score (nSPS) is 19.6. The number of hydrogen-bond acceptors (Lipinski definition) is 5. The van der Waals surface area contributed by atoms with Crippen LogP contribution in [0.1, 0.15) is 43.7 Å². The van der Waals surface area contributed by atoms with Gasteiger partial charge in [0.25, 0.3) is 0 Å². The molecule has 1 heterocycles. The number of nitrogens with one attached hydrogen (secondary N) is 2. The molecule has 7 nitrogen and oxygen atoms in total. The predicted octanol–water partition coefficient (Wildman–Crippen LogP) is 2.71. The molecule has 2 N–H and O–H groups in total. The van der Waals surface area contributed by atoms with E-state index in [1.165, 1.54) is 19.3 Å². The number of morpholine rings is 1. The van der Waals surface area contributed by atoms with Gasteiger partial charge in [-0.3, -0.25) is 4.90 Å². The van der Waals surface area contributed by atoms with Crippen molar-refractivity contribution >= 4 is 6.03 Å². The average Bonchev–Trinajstić information content (AvgIpc) is 2.75. The maximum Gasteiger partial charge on any atom is 0.315 e. The van der Waals surface area contributed by atoms with E-state index in [0.29, 0.717) is 37.3 Å². The molecule has 0 unspecified atom stereocenters. The van der Waals surface area contributed by atoms with Crippen molar-refractivity contribution < 1.29 is 19.0 Å². The summed E-state index contributed by atoms with van der Waals surface area (Å²) in [7, 11) is 3.27. The van der Waals surface area contributed by atoms with Gasteiger partial charge in [-0.1, -0.05) is 25.3 Å². The summed E-state index contributed by atoms with van der Waals surface area (Å²) in [5, 5.41) is 6.22. The average molecular weight is 392 g/mol. The number of hydrogen-bond donors (Lipinski definition) is 2. The van der Waals surface area contributed by atoms with Crippen LogP contribution >= 0.6 is 0 Å². The summed E-state index contributed by atoms with van der Waals surface area (Å²) in [4.78, 5) is 14.8. The molecule has 0 spiro atoms. The minimum atomic E-state index is -0.0781. The van der Waals surface area contributed by atoms with Gasteiger partial charge in [-0.25, -0.2) is 4.79 Å². The van der Waals surface area contributed by atoms with Crippen LogP contribution in [0.5, 0.6) is 11.5 Å². The molecule has 7 heteroatoms. The van der Waals surface area contributed by atoms with E-state index in [2.05, 4.69) is 15.5 Å². The third kappa shape index (κ3) is 5.52. The Morgan fingerprint density at radius 1 is 1.14 bits per heavy atom. The second-order valence-corrected chi connectivity index (χ2v) is 7.47. The second kappa shape index (κ2) is 10.5. The summed E-state index contributed by atoms with van der Waals surface area (Å²) in [6, 6.07) is 6.24. The third-order valence-corrected chi connectivity index (χ3v) is 5.68. The van der Waals surface area contributed by atoms with Crippen LogP contribution in [0.2, 0.25) is 0 Å². The maximum atomic E-state index is 12.4. The largest absolute Gasteiger partial charge is 0.493 e. The first-order valence-electron chi connectivity index (χ1n) is 10.3. The lowest BCUT2D eigenvalue weighted by Gasteiger charge is -2.35. The molecule has 1 aliphatic carbocycles. The van der Waals surface area contributed by atoms with Crippen LogP contribution in [0.4, 0.5) is 4.79 Å². The van der Waals surface area contributed by atoms with E-state index in [-0.39, 0.29) is 12.1 Å². The van der Waals surface area contributed by atoms with E-state index < -0.39 is 0 Å². The fraction of sp³-hybridized carbons (Fsp3) is 0.667. The van der Waals surface area contributed by atoms with Crippen molar-refractivity contribution in [3.8, 4) is 11.5 Å². The standard InChI is InChI=1S/C21H33N3O4/c1-26-19-9-8-16(14-20(19)27-2)18(24-10-12-28-13-11-24)15-22-21(25)23-17-6-4-3-5-7-17/h8-9,14,17-18H,3-7,10-13,15H2,1-2H3,(H2,22,23,25)/t18-/m1/s1. The van der Waals surface area contributed by atoms with Crippen molar-refractivity contribution in [3.05, 3.63) is 23.8 Å². The molecule has 3 rings (SSSR count). The van der Waals surface area contributed by atoms with E-state index in [1.54, 1.807) is 14.2 Å². The molecule has 0 bridgehead atoms. The number of carbonyl (C=O) groups excluding carboxylic acids is 1. The number of nitrogens with zero attached hydrogens (tertiary/aromatic N) is 1.